The van der Waals surface area contributed by atoms with E-state index in [0.29, 0.717) is 39.6 Å². The van der Waals surface area contributed by atoms with Gasteiger partial charge in [0.05, 0.1) is 39.6 Å². The molecular formula is C20H26O3. The molecule has 0 aliphatic carbocycles. The molecule has 2 aromatic rings. The molecule has 0 fully saturated rings. The van der Waals surface area contributed by atoms with Gasteiger partial charge in [0.15, 0.2) is 0 Å². The van der Waals surface area contributed by atoms with Gasteiger partial charge in [0.1, 0.15) is 0 Å². The standard InChI is InChI=1S/C20H26O3/c1-17-3-7-19(8-4-17)15-22-13-11-21-12-14-23-16-20-9-5-18(2)6-10-20/h3-10H,11-16H2,1-2H3. The molecule has 0 spiro atoms. The van der Waals surface area contributed by atoms with Crippen LogP contribution in [0.2, 0.25) is 0 Å². The number of rotatable bonds is 10. The third-order valence-electron chi connectivity index (χ3n) is 3.52. The lowest BCUT2D eigenvalue weighted by molar-refractivity contribution is 0.00704. The predicted octanol–water partition coefficient (Wildman–Crippen LogP) is 4.05. The second-order valence-corrected chi connectivity index (χ2v) is 5.69. The van der Waals surface area contributed by atoms with Gasteiger partial charge < -0.3 is 14.2 Å². The molecule has 0 bridgehead atoms. The molecule has 0 aromatic heterocycles. The summed E-state index contributed by atoms with van der Waals surface area (Å²) >= 11 is 0. The molecule has 0 aliphatic heterocycles. The van der Waals surface area contributed by atoms with Gasteiger partial charge in [0, 0.05) is 0 Å². The van der Waals surface area contributed by atoms with Gasteiger partial charge in [-0.25, -0.2) is 0 Å². The van der Waals surface area contributed by atoms with Crippen LogP contribution in [0.5, 0.6) is 0 Å². The summed E-state index contributed by atoms with van der Waals surface area (Å²) in [6.07, 6.45) is 0. The third-order valence-corrected chi connectivity index (χ3v) is 3.52. The Bertz CT molecular complexity index is 495. The summed E-state index contributed by atoms with van der Waals surface area (Å²) in [4.78, 5) is 0. The number of hydrogen-bond acceptors (Lipinski definition) is 3. The summed E-state index contributed by atoms with van der Waals surface area (Å²) in [5.41, 5.74) is 4.92. The van der Waals surface area contributed by atoms with E-state index in [9.17, 15) is 0 Å². The fourth-order valence-corrected chi connectivity index (χ4v) is 2.09. The summed E-state index contributed by atoms with van der Waals surface area (Å²) in [7, 11) is 0. The molecule has 0 saturated carbocycles. The van der Waals surface area contributed by atoms with Crippen LogP contribution in [-0.4, -0.2) is 26.4 Å². The van der Waals surface area contributed by atoms with Gasteiger partial charge in [-0.2, -0.15) is 0 Å². The topological polar surface area (TPSA) is 27.7 Å². The van der Waals surface area contributed by atoms with Crippen molar-refractivity contribution >= 4 is 0 Å². The van der Waals surface area contributed by atoms with Crippen LogP contribution in [-0.2, 0) is 27.4 Å². The zero-order valence-corrected chi connectivity index (χ0v) is 14.1. The first-order chi connectivity index (χ1) is 11.2. The summed E-state index contributed by atoms with van der Waals surface area (Å²) in [5.74, 6) is 0. The molecule has 0 N–H and O–H groups in total. The maximum atomic E-state index is 5.58. The Morgan fingerprint density at radius 3 is 1.26 bits per heavy atom. The Hall–Kier alpha value is -1.68. The largest absolute Gasteiger partial charge is 0.377 e. The Morgan fingerprint density at radius 1 is 0.522 bits per heavy atom. The molecule has 0 saturated heterocycles. The second kappa shape index (κ2) is 10.2. The molecule has 0 amide bonds. The first kappa shape index (κ1) is 17.7. The van der Waals surface area contributed by atoms with Crippen molar-refractivity contribution in [1.29, 1.82) is 0 Å². The zero-order chi connectivity index (χ0) is 16.3. The highest BCUT2D eigenvalue weighted by atomic mass is 16.5. The average Bonchev–Trinajstić information content (AvgIpc) is 2.56. The van der Waals surface area contributed by atoms with Gasteiger partial charge in [-0.3, -0.25) is 0 Å². The molecule has 2 rings (SSSR count). The molecule has 124 valence electrons. The van der Waals surface area contributed by atoms with Crippen molar-refractivity contribution in [3.63, 3.8) is 0 Å². The monoisotopic (exact) mass is 314 g/mol. The summed E-state index contributed by atoms with van der Waals surface area (Å²) in [5, 5.41) is 0. The van der Waals surface area contributed by atoms with E-state index in [2.05, 4.69) is 62.4 Å². The van der Waals surface area contributed by atoms with Gasteiger partial charge in [0.25, 0.3) is 0 Å². The Kier molecular flexibility index (Phi) is 7.81. The fraction of sp³-hybridized carbons (Fsp3) is 0.400. The van der Waals surface area contributed by atoms with E-state index in [-0.39, 0.29) is 0 Å². The number of ether oxygens (including phenoxy) is 3. The lowest BCUT2D eigenvalue weighted by atomic mass is 10.2. The summed E-state index contributed by atoms with van der Waals surface area (Å²) < 4.78 is 16.7. The molecule has 0 aliphatic rings. The number of aryl methyl sites for hydroxylation is 2. The lowest BCUT2D eigenvalue weighted by Crippen LogP contribution is -2.09. The van der Waals surface area contributed by atoms with Crippen LogP contribution in [0.15, 0.2) is 48.5 Å². The van der Waals surface area contributed by atoms with Crippen molar-refractivity contribution in [2.24, 2.45) is 0 Å². The molecule has 0 radical (unpaired) electrons. The average molecular weight is 314 g/mol. The molecule has 0 atom stereocenters. The summed E-state index contributed by atoms with van der Waals surface area (Å²) in [6.45, 7) is 7.83. The maximum absolute atomic E-state index is 5.58. The van der Waals surface area contributed by atoms with Gasteiger partial charge in [-0.15, -0.1) is 0 Å². The molecule has 0 unspecified atom stereocenters. The second-order valence-electron chi connectivity index (χ2n) is 5.69. The van der Waals surface area contributed by atoms with Crippen LogP contribution in [0.4, 0.5) is 0 Å². The molecule has 23 heavy (non-hydrogen) atoms. The minimum absolute atomic E-state index is 0.597. The maximum Gasteiger partial charge on any atom is 0.0718 e. The van der Waals surface area contributed by atoms with E-state index in [1.165, 1.54) is 22.3 Å². The van der Waals surface area contributed by atoms with Gasteiger partial charge in [0.2, 0.25) is 0 Å². The van der Waals surface area contributed by atoms with Crippen molar-refractivity contribution in [3.05, 3.63) is 70.8 Å². The van der Waals surface area contributed by atoms with E-state index in [1.54, 1.807) is 0 Å². The Balaban J connectivity index is 1.43. The van der Waals surface area contributed by atoms with E-state index in [4.69, 9.17) is 14.2 Å². The van der Waals surface area contributed by atoms with E-state index in [1.807, 2.05) is 0 Å². The third kappa shape index (κ3) is 7.42. The van der Waals surface area contributed by atoms with Crippen LogP contribution < -0.4 is 0 Å². The summed E-state index contributed by atoms with van der Waals surface area (Å²) in [6, 6.07) is 16.8. The van der Waals surface area contributed by atoms with Crippen LogP contribution in [0.25, 0.3) is 0 Å². The first-order valence-corrected chi connectivity index (χ1v) is 8.08. The van der Waals surface area contributed by atoms with Crippen LogP contribution in [0.1, 0.15) is 22.3 Å². The predicted molar refractivity (Wildman–Crippen MR) is 92.5 cm³/mol. The Morgan fingerprint density at radius 2 is 0.870 bits per heavy atom. The van der Waals surface area contributed by atoms with Crippen LogP contribution in [0, 0.1) is 13.8 Å². The first-order valence-electron chi connectivity index (χ1n) is 8.08. The molecule has 3 heteroatoms. The van der Waals surface area contributed by atoms with Crippen molar-refractivity contribution in [1.82, 2.24) is 0 Å². The highest BCUT2D eigenvalue weighted by Crippen LogP contribution is 2.05. The van der Waals surface area contributed by atoms with Gasteiger partial charge in [-0.05, 0) is 25.0 Å². The minimum atomic E-state index is 0.597. The normalized spacial score (nSPS) is 10.9. The SMILES string of the molecule is Cc1ccc(COCCOCCOCc2ccc(C)cc2)cc1. The fourth-order valence-electron chi connectivity index (χ4n) is 2.09. The van der Waals surface area contributed by atoms with Crippen LogP contribution in [0.3, 0.4) is 0 Å². The smallest absolute Gasteiger partial charge is 0.0718 e. The number of hydrogen-bond donors (Lipinski definition) is 0. The van der Waals surface area contributed by atoms with Crippen molar-refractivity contribution in [3.8, 4) is 0 Å². The number of benzene rings is 2. The molecule has 0 heterocycles. The van der Waals surface area contributed by atoms with Crippen molar-refractivity contribution in [2.75, 3.05) is 26.4 Å². The van der Waals surface area contributed by atoms with Gasteiger partial charge in [-0.1, -0.05) is 59.7 Å². The highest BCUT2D eigenvalue weighted by Gasteiger charge is 1.95. The van der Waals surface area contributed by atoms with E-state index >= 15 is 0 Å². The van der Waals surface area contributed by atoms with E-state index in [0.717, 1.165) is 0 Å². The molecular weight excluding hydrogens is 288 g/mol. The quantitative estimate of drug-likeness (QED) is 0.619. The molecule has 3 nitrogen and oxygen atoms in total. The van der Waals surface area contributed by atoms with Crippen LogP contribution >= 0.6 is 0 Å². The van der Waals surface area contributed by atoms with Crippen molar-refractivity contribution in [2.45, 2.75) is 27.1 Å². The minimum Gasteiger partial charge on any atom is -0.377 e. The Labute approximate surface area is 139 Å². The lowest BCUT2D eigenvalue weighted by Gasteiger charge is -2.07. The molecule has 2 aromatic carbocycles. The van der Waals surface area contributed by atoms with Crippen molar-refractivity contribution < 1.29 is 14.2 Å². The highest BCUT2D eigenvalue weighted by molar-refractivity contribution is 5.21. The zero-order valence-electron chi connectivity index (χ0n) is 14.1. The van der Waals surface area contributed by atoms with E-state index < -0.39 is 0 Å². The van der Waals surface area contributed by atoms with Gasteiger partial charge >= 0.3 is 0 Å².